The summed E-state index contributed by atoms with van der Waals surface area (Å²) < 4.78 is 2.04. The largest absolute Gasteiger partial charge is 0.390 e. The third-order valence-corrected chi connectivity index (χ3v) is 4.74. The topological polar surface area (TPSA) is 19.1 Å². The molecule has 0 saturated carbocycles. The maximum atomic E-state index is 4.59. The number of hydrogen-bond donors (Lipinski definition) is 0. The van der Waals surface area contributed by atoms with Crippen LogP contribution in [0, 0.1) is 0 Å². The van der Waals surface area contributed by atoms with Crippen molar-refractivity contribution in [2.45, 2.75) is 6.54 Å². The van der Waals surface area contributed by atoms with Crippen LogP contribution in [0.25, 0.3) is 0 Å². The molecule has 1 aromatic carbocycles. The van der Waals surface area contributed by atoms with E-state index in [1.807, 2.05) is 24.7 Å². The summed E-state index contributed by atoms with van der Waals surface area (Å²) in [4.78, 5) is 7.84. The van der Waals surface area contributed by atoms with Crippen molar-refractivity contribution in [2.24, 2.45) is 0 Å². The summed E-state index contributed by atoms with van der Waals surface area (Å²) in [5.74, 6) is 0. The first-order valence-corrected chi connectivity index (χ1v) is 7.54. The van der Waals surface area contributed by atoms with Gasteiger partial charge >= 0.3 is 9.93 Å². The van der Waals surface area contributed by atoms with Crippen LogP contribution in [-0.2, 0) is 6.54 Å². The Morgan fingerprint density at radius 3 is 2.47 bits per heavy atom. The van der Waals surface area contributed by atoms with E-state index in [4.69, 9.17) is 0 Å². The van der Waals surface area contributed by atoms with Crippen molar-refractivity contribution in [2.75, 3.05) is 26.0 Å². The monoisotopic (exact) mass is 266 g/mol. The zero-order chi connectivity index (χ0) is 12.3. The van der Waals surface area contributed by atoms with Gasteiger partial charge in [-0.2, -0.15) is 0 Å². The van der Waals surface area contributed by atoms with E-state index < -0.39 is 0 Å². The molecule has 0 aliphatic heterocycles. The highest BCUT2D eigenvalue weighted by molar-refractivity contribution is 7.69. The van der Waals surface area contributed by atoms with E-state index in [1.54, 1.807) is 20.7 Å². The van der Waals surface area contributed by atoms with Crippen LogP contribution in [0.4, 0.5) is 5.13 Å². The summed E-state index contributed by atoms with van der Waals surface area (Å²) in [5.41, 5.74) is 1.31. The highest BCUT2D eigenvalue weighted by Crippen LogP contribution is 2.19. The summed E-state index contributed by atoms with van der Waals surface area (Å²) in [7, 11) is 9.55. The first-order valence-electron chi connectivity index (χ1n) is 5.39. The minimum absolute atomic E-state index is 0.897. The molecule has 2 rings (SSSR count). The van der Waals surface area contributed by atoms with Crippen molar-refractivity contribution in [3.05, 3.63) is 40.7 Å². The molecule has 17 heavy (non-hydrogen) atoms. The van der Waals surface area contributed by atoms with E-state index in [-0.39, 0.29) is 0 Å². The van der Waals surface area contributed by atoms with Gasteiger partial charge in [-0.1, -0.05) is 30.3 Å². The molecule has 0 atom stereocenters. The molecule has 90 valence electrons. The maximum Gasteiger partial charge on any atom is 0.390 e. The smallest absolute Gasteiger partial charge is 0.325 e. The van der Waals surface area contributed by atoms with Crippen molar-refractivity contribution in [3.8, 4) is 0 Å². The van der Waals surface area contributed by atoms with Crippen LogP contribution in [0.1, 0.15) is 5.56 Å². The van der Waals surface area contributed by atoms with E-state index in [1.165, 1.54) is 5.56 Å². The van der Waals surface area contributed by atoms with Crippen LogP contribution in [0.3, 0.4) is 0 Å². The Kier molecular flexibility index (Phi) is 3.91. The minimum Gasteiger partial charge on any atom is -0.325 e. The lowest BCUT2D eigenvalue weighted by atomic mass is 10.2. The molecular weight excluding hydrogens is 250 g/mol. The quantitative estimate of drug-likeness (QED) is 0.624. The maximum absolute atomic E-state index is 4.59. The van der Waals surface area contributed by atoms with E-state index >= 15 is 0 Å². The molecule has 0 saturated heterocycles. The normalized spacial score (nSPS) is 10.3. The number of hydrogen-bond acceptors (Lipinski definition) is 4. The molecule has 0 aliphatic carbocycles. The third kappa shape index (κ3) is 3.14. The highest BCUT2D eigenvalue weighted by atomic mass is 32.9. The van der Waals surface area contributed by atoms with Gasteiger partial charge in [0.25, 0.3) is 0 Å². The SMILES string of the molecule is CN(Cc1ccccc1)c1nc(=[N+](C)C)ss1. The van der Waals surface area contributed by atoms with Crippen molar-refractivity contribution in [1.29, 1.82) is 0 Å². The summed E-state index contributed by atoms with van der Waals surface area (Å²) in [6, 6.07) is 10.5. The van der Waals surface area contributed by atoms with E-state index in [9.17, 15) is 0 Å². The Hall–Kier alpha value is -1.20. The zero-order valence-corrected chi connectivity index (χ0v) is 11.9. The van der Waals surface area contributed by atoms with Crippen LogP contribution in [0.15, 0.2) is 30.3 Å². The summed E-state index contributed by atoms with van der Waals surface area (Å²) in [6.07, 6.45) is 0. The summed E-state index contributed by atoms with van der Waals surface area (Å²) in [6.45, 7) is 0.897. The molecule has 0 N–H and O–H groups in total. The van der Waals surface area contributed by atoms with Gasteiger partial charge in [-0.05, 0) is 15.9 Å². The molecule has 0 radical (unpaired) electrons. The van der Waals surface area contributed by atoms with Crippen molar-refractivity contribution in [1.82, 2.24) is 9.56 Å². The Morgan fingerprint density at radius 1 is 1.18 bits per heavy atom. The van der Waals surface area contributed by atoms with Gasteiger partial charge in [0.1, 0.15) is 0 Å². The molecule has 0 amide bonds. The van der Waals surface area contributed by atoms with Crippen LogP contribution in [-0.4, -0.2) is 26.1 Å². The average molecular weight is 266 g/mol. The third-order valence-electron chi connectivity index (χ3n) is 2.35. The molecule has 0 aliphatic rings. The second-order valence-electron chi connectivity index (χ2n) is 4.08. The lowest BCUT2D eigenvalue weighted by Gasteiger charge is -2.11. The number of nitrogens with zero attached hydrogens (tertiary/aromatic N) is 3. The van der Waals surface area contributed by atoms with Gasteiger partial charge in [0.15, 0.2) is 0 Å². The molecule has 5 heteroatoms. The number of benzene rings is 1. The zero-order valence-electron chi connectivity index (χ0n) is 10.3. The summed E-state index contributed by atoms with van der Waals surface area (Å²) >= 11 is 0. The van der Waals surface area contributed by atoms with Crippen LogP contribution in [0.2, 0.25) is 0 Å². The minimum atomic E-state index is 0.897. The highest BCUT2D eigenvalue weighted by Gasteiger charge is 2.13. The Balaban J connectivity index is 2.15. The van der Waals surface area contributed by atoms with Crippen molar-refractivity contribution >= 4 is 25.8 Å². The van der Waals surface area contributed by atoms with E-state index in [2.05, 4.69) is 41.2 Å². The van der Waals surface area contributed by atoms with Gasteiger partial charge in [-0.15, -0.1) is 0 Å². The second kappa shape index (κ2) is 5.42. The Labute approximate surface area is 109 Å². The number of rotatable bonds is 3. The van der Waals surface area contributed by atoms with Crippen molar-refractivity contribution in [3.63, 3.8) is 0 Å². The molecule has 0 unspecified atom stereocenters. The summed E-state index contributed by atoms with van der Waals surface area (Å²) in [5, 5.41) is 1.07. The molecule has 3 nitrogen and oxygen atoms in total. The van der Waals surface area contributed by atoms with Gasteiger partial charge in [0.05, 0.1) is 14.1 Å². The van der Waals surface area contributed by atoms with Crippen molar-refractivity contribution < 1.29 is 0 Å². The lowest BCUT2D eigenvalue weighted by molar-refractivity contribution is 0.797. The molecule has 2 aromatic rings. The molecular formula is C12H16N3S2+. The molecule has 0 fully saturated rings. The Bertz CT molecular complexity index is 538. The van der Waals surface area contributed by atoms with E-state index in [0.717, 1.165) is 16.5 Å². The van der Waals surface area contributed by atoms with Gasteiger partial charge in [-0.3, -0.25) is 4.58 Å². The lowest BCUT2D eigenvalue weighted by Crippen LogP contribution is -2.22. The average Bonchev–Trinajstić information content (AvgIpc) is 2.79. The van der Waals surface area contributed by atoms with E-state index in [0.29, 0.717) is 0 Å². The molecule has 0 spiro atoms. The molecule has 0 bridgehead atoms. The molecule has 1 heterocycles. The first kappa shape index (κ1) is 12.3. The second-order valence-corrected chi connectivity index (χ2v) is 6.14. The Morgan fingerprint density at radius 2 is 1.88 bits per heavy atom. The standard InChI is InChI=1S/C12H16N3S2/c1-14(2)11-13-12(17-16-11)15(3)9-10-7-5-4-6-8-10/h4-8H,9H2,1-3H3/q+1. The van der Waals surface area contributed by atoms with Gasteiger partial charge in [0, 0.05) is 28.9 Å². The fourth-order valence-corrected chi connectivity index (χ4v) is 3.74. The van der Waals surface area contributed by atoms with Crippen LogP contribution >= 0.6 is 20.7 Å². The fourth-order valence-electron chi connectivity index (χ4n) is 1.44. The van der Waals surface area contributed by atoms with Crippen LogP contribution < -0.4 is 14.3 Å². The van der Waals surface area contributed by atoms with Gasteiger partial charge in [0.2, 0.25) is 0 Å². The number of anilines is 1. The number of aromatic nitrogens is 1. The predicted molar refractivity (Wildman–Crippen MR) is 75.7 cm³/mol. The predicted octanol–water partition coefficient (Wildman–Crippen LogP) is 1.87. The first-order chi connectivity index (χ1) is 8.16. The van der Waals surface area contributed by atoms with Crippen LogP contribution in [0.5, 0.6) is 0 Å². The van der Waals surface area contributed by atoms with Gasteiger partial charge < -0.3 is 4.90 Å². The fraction of sp³-hybridized carbons (Fsp3) is 0.333. The molecule has 1 aromatic heterocycles. The van der Waals surface area contributed by atoms with Gasteiger partial charge in [-0.25, -0.2) is 0 Å².